The number of aliphatic carboxylic acids is 1. The highest BCUT2D eigenvalue weighted by Crippen LogP contribution is 2.22. The highest BCUT2D eigenvalue weighted by Gasteiger charge is 2.22. The van der Waals surface area contributed by atoms with Crippen LogP contribution in [-0.4, -0.2) is 29.1 Å². The lowest BCUT2D eigenvalue weighted by Crippen LogP contribution is -2.45. The third-order valence-electron chi connectivity index (χ3n) is 2.38. The van der Waals surface area contributed by atoms with Crippen LogP contribution in [0.15, 0.2) is 18.2 Å². The molecular weight excluding hydrogens is 286 g/mol. The quantitative estimate of drug-likeness (QED) is 0.650. The maximum Gasteiger partial charge on any atom is 0.326 e. The van der Waals surface area contributed by atoms with Crippen LogP contribution >= 0.6 is 11.6 Å². The van der Waals surface area contributed by atoms with Crippen molar-refractivity contribution in [3.63, 3.8) is 0 Å². The van der Waals surface area contributed by atoms with E-state index in [2.05, 4.69) is 10.6 Å². The lowest BCUT2D eigenvalue weighted by atomic mass is 10.2. The van der Waals surface area contributed by atoms with E-state index in [1.165, 1.54) is 0 Å². The Kier molecular flexibility index (Phi) is 5.33. The summed E-state index contributed by atoms with van der Waals surface area (Å²) in [4.78, 5) is 33.2. The zero-order valence-electron chi connectivity index (χ0n) is 10.6. The van der Waals surface area contributed by atoms with Crippen LogP contribution in [0.25, 0.3) is 0 Å². The van der Waals surface area contributed by atoms with Crippen LogP contribution in [0, 0.1) is 6.92 Å². The van der Waals surface area contributed by atoms with Gasteiger partial charge >= 0.3 is 12.0 Å². The van der Waals surface area contributed by atoms with E-state index in [-0.39, 0.29) is 0 Å². The molecule has 0 aliphatic rings. The van der Waals surface area contributed by atoms with Crippen molar-refractivity contribution in [1.82, 2.24) is 5.32 Å². The molecule has 0 spiro atoms. The number of carbonyl (C=O) groups is 3. The van der Waals surface area contributed by atoms with Crippen LogP contribution in [0.1, 0.15) is 12.0 Å². The average Bonchev–Trinajstić information content (AvgIpc) is 2.31. The number of hydrogen-bond acceptors (Lipinski definition) is 3. The molecule has 1 rings (SSSR count). The van der Waals surface area contributed by atoms with E-state index in [0.717, 1.165) is 5.56 Å². The van der Waals surface area contributed by atoms with E-state index in [1.807, 2.05) is 6.92 Å². The van der Waals surface area contributed by atoms with Crippen molar-refractivity contribution in [2.24, 2.45) is 5.73 Å². The molecule has 0 aliphatic heterocycles. The molecule has 0 saturated heterocycles. The number of anilines is 1. The van der Waals surface area contributed by atoms with Crippen LogP contribution in [0.5, 0.6) is 0 Å². The maximum atomic E-state index is 11.6. The van der Waals surface area contributed by atoms with Gasteiger partial charge in [-0.05, 0) is 24.6 Å². The number of carbonyl (C=O) groups excluding carboxylic acids is 2. The molecule has 0 bridgehead atoms. The predicted octanol–water partition coefficient (Wildman–Crippen LogP) is 1.10. The monoisotopic (exact) mass is 299 g/mol. The van der Waals surface area contributed by atoms with Crippen LogP contribution < -0.4 is 16.4 Å². The van der Waals surface area contributed by atoms with Crippen molar-refractivity contribution >= 4 is 35.2 Å². The minimum Gasteiger partial charge on any atom is -0.480 e. The van der Waals surface area contributed by atoms with Gasteiger partial charge < -0.3 is 21.5 Å². The first-order chi connectivity index (χ1) is 9.29. The first-order valence-corrected chi connectivity index (χ1v) is 6.02. The molecule has 20 heavy (non-hydrogen) atoms. The second-order valence-corrected chi connectivity index (χ2v) is 4.55. The number of carboxylic acid groups (broad SMARTS) is 1. The Morgan fingerprint density at radius 1 is 1.40 bits per heavy atom. The van der Waals surface area contributed by atoms with Gasteiger partial charge in [-0.15, -0.1) is 0 Å². The molecule has 0 aliphatic carbocycles. The topological polar surface area (TPSA) is 122 Å². The van der Waals surface area contributed by atoms with Crippen molar-refractivity contribution in [2.45, 2.75) is 19.4 Å². The molecule has 3 amide bonds. The Labute approximate surface area is 120 Å². The van der Waals surface area contributed by atoms with Gasteiger partial charge in [0, 0.05) is 0 Å². The Bertz CT molecular complexity index is 548. The van der Waals surface area contributed by atoms with Gasteiger partial charge in [0.15, 0.2) is 0 Å². The summed E-state index contributed by atoms with van der Waals surface area (Å²) in [6.45, 7) is 1.84. The van der Waals surface area contributed by atoms with Gasteiger partial charge in [0.25, 0.3) is 0 Å². The molecule has 0 radical (unpaired) electrons. The largest absolute Gasteiger partial charge is 0.480 e. The minimum absolute atomic E-state index is 0.321. The molecule has 0 saturated carbocycles. The second-order valence-electron chi connectivity index (χ2n) is 4.14. The van der Waals surface area contributed by atoms with Crippen LogP contribution in [0.3, 0.4) is 0 Å². The van der Waals surface area contributed by atoms with Crippen LogP contribution in [-0.2, 0) is 9.59 Å². The fraction of sp³-hybridized carbons (Fsp3) is 0.250. The summed E-state index contributed by atoms with van der Waals surface area (Å²) in [7, 11) is 0. The van der Waals surface area contributed by atoms with Gasteiger partial charge in [0.2, 0.25) is 5.91 Å². The predicted molar refractivity (Wildman–Crippen MR) is 73.6 cm³/mol. The van der Waals surface area contributed by atoms with Crippen molar-refractivity contribution in [1.29, 1.82) is 0 Å². The van der Waals surface area contributed by atoms with E-state index in [1.54, 1.807) is 18.2 Å². The minimum atomic E-state index is -1.39. The van der Waals surface area contributed by atoms with E-state index < -0.39 is 30.4 Å². The summed E-state index contributed by atoms with van der Waals surface area (Å²) in [5.74, 6) is -2.18. The highest BCUT2D eigenvalue weighted by atomic mass is 35.5. The summed E-state index contributed by atoms with van der Waals surface area (Å²) < 4.78 is 0. The summed E-state index contributed by atoms with van der Waals surface area (Å²) in [6.07, 6.45) is -0.496. The number of rotatable bonds is 5. The van der Waals surface area contributed by atoms with Crippen molar-refractivity contribution in [3.05, 3.63) is 28.8 Å². The van der Waals surface area contributed by atoms with E-state index in [0.29, 0.717) is 10.7 Å². The van der Waals surface area contributed by atoms with Gasteiger partial charge in [-0.1, -0.05) is 17.7 Å². The number of primary amides is 1. The van der Waals surface area contributed by atoms with E-state index in [9.17, 15) is 14.4 Å². The fourth-order valence-corrected chi connectivity index (χ4v) is 1.72. The summed E-state index contributed by atoms with van der Waals surface area (Å²) in [5.41, 5.74) is 6.15. The molecule has 1 aromatic rings. The lowest BCUT2D eigenvalue weighted by molar-refractivity contribution is -0.140. The summed E-state index contributed by atoms with van der Waals surface area (Å²) >= 11 is 5.92. The summed E-state index contributed by atoms with van der Waals surface area (Å²) in [6, 6.07) is 2.79. The molecule has 5 N–H and O–H groups in total. The van der Waals surface area contributed by atoms with Crippen molar-refractivity contribution in [2.75, 3.05) is 5.32 Å². The van der Waals surface area contributed by atoms with Gasteiger partial charge in [0.05, 0.1) is 17.1 Å². The Morgan fingerprint density at radius 3 is 2.55 bits per heavy atom. The van der Waals surface area contributed by atoms with Crippen LogP contribution in [0.2, 0.25) is 5.02 Å². The standard InChI is InChI=1S/C12H14ClN3O4/c1-6-2-3-8(7(13)4-6)15-12(20)16-9(11(18)19)5-10(14)17/h2-4,9H,5H2,1H3,(H2,14,17)(H,18,19)(H2,15,16,20). The SMILES string of the molecule is Cc1ccc(NC(=O)NC(CC(N)=O)C(=O)O)c(Cl)c1. The number of nitrogens with one attached hydrogen (secondary N) is 2. The fourth-order valence-electron chi connectivity index (χ4n) is 1.44. The Balaban J connectivity index is 2.70. The number of aryl methyl sites for hydroxylation is 1. The van der Waals surface area contributed by atoms with Gasteiger partial charge in [-0.2, -0.15) is 0 Å². The normalized spacial score (nSPS) is 11.5. The molecular formula is C12H14ClN3O4. The molecule has 108 valence electrons. The molecule has 0 heterocycles. The summed E-state index contributed by atoms with van der Waals surface area (Å²) in [5, 5.41) is 13.7. The number of halogens is 1. The molecule has 7 nitrogen and oxygen atoms in total. The van der Waals surface area contributed by atoms with Crippen molar-refractivity contribution < 1.29 is 19.5 Å². The molecule has 1 unspecified atom stereocenters. The average molecular weight is 300 g/mol. The highest BCUT2D eigenvalue weighted by molar-refractivity contribution is 6.33. The lowest BCUT2D eigenvalue weighted by Gasteiger charge is -2.14. The molecule has 8 heteroatoms. The third kappa shape index (κ3) is 4.77. The number of nitrogens with two attached hydrogens (primary N) is 1. The van der Waals surface area contributed by atoms with E-state index in [4.69, 9.17) is 22.4 Å². The molecule has 1 aromatic carbocycles. The second kappa shape index (κ2) is 6.76. The first kappa shape index (κ1) is 15.8. The number of urea groups is 1. The molecule has 1 atom stereocenters. The molecule has 0 aromatic heterocycles. The Morgan fingerprint density at radius 2 is 2.05 bits per heavy atom. The number of amides is 3. The number of carboxylic acids is 1. The van der Waals surface area contributed by atoms with Crippen molar-refractivity contribution in [3.8, 4) is 0 Å². The van der Waals surface area contributed by atoms with E-state index >= 15 is 0 Å². The molecule has 0 fully saturated rings. The van der Waals surface area contributed by atoms with Gasteiger partial charge in [-0.3, -0.25) is 4.79 Å². The Hall–Kier alpha value is -2.28. The zero-order chi connectivity index (χ0) is 15.3. The van der Waals surface area contributed by atoms with Gasteiger partial charge in [0.1, 0.15) is 6.04 Å². The smallest absolute Gasteiger partial charge is 0.326 e. The van der Waals surface area contributed by atoms with Crippen LogP contribution in [0.4, 0.5) is 10.5 Å². The van der Waals surface area contributed by atoms with Gasteiger partial charge in [-0.25, -0.2) is 9.59 Å². The maximum absolute atomic E-state index is 11.6. The zero-order valence-corrected chi connectivity index (χ0v) is 11.4. The first-order valence-electron chi connectivity index (χ1n) is 5.64. The number of hydrogen-bond donors (Lipinski definition) is 4. The number of benzene rings is 1. The third-order valence-corrected chi connectivity index (χ3v) is 2.69.